The van der Waals surface area contributed by atoms with Crippen LogP contribution in [-0.2, 0) is 7.05 Å². The number of aryl methyl sites for hydroxylation is 2. The van der Waals surface area contributed by atoms with E-state index in [4.69, 9.17) is 4.52 Å². The summed E-state index contributed by atoms with van der Waals surface area (Å²) in [7, 11) is 1.95. The van der Waals surface area contributed by atoms with E-state index < -0.39 is 0 Å². The van der Waals surface area contributed by atoms with Gasteiger partial charge in [-0.3, -0.25) is 0 Å². The fraction of sp³-hybridized carbons (Fsp3) is 0.190. The van der Waals surface area contributed by atoms with Crippen molar-refractivity contribution >= 4 is 11.8 Å². The fourth-order valence-electron chi connectivity index (χ4n) is 2.82. The van der Waals surface area contributed by atoms with Crippen molar-refractivity contribution in [1.29, 1.82) is 0 Å². The molecule has 0 unspecified atom stereocenters. The van der Waals surface area contributed by atoms with Crippen LogP contribution in [0.2, 0.25) is 0 Å². The second kappa shape index (κ2) is 7.40. The minimum atomic E-state index is 0.243. The summed E-state index contributed by atoms with van der Waals surface area (Å²) in [5.41, 5.74) is 5.34. The minimum absolute atomic E-state index is 0.243. The molecular formula is C21H20N4OS. The molecule has 4 rings (SSSR count). The highest BCUT2D eigenvalue weighted by Gasteiger charge is 2.14. The first kappa shape index (κ1) is 17.5. The second-order valence-electron chi connectivity index (χ2n) is 6.55. The van der Waals surface area contributed by atoms with Gasteiger partial charge in [-0.2, -0.15) is 0 Å². The number of nitrogens with zero attached hydrogens (tertiary/aromatic N) is 4. The topological polar surface area (TPSA) is 56.7 Å². The van der Waals surface area contributed by atoms with E-state index in [9.17, 15) is 0 Å². The molecule has 0 N–H and O–H groups in total. The number of thioether (sulfide) groups is 1. The van der Waals surface area contributed by atoms with Gasteiger partial charge in [0.05, 0.1) is 0 Å². The highest BCUT2D eigenvalue weighted by molar-refractivity contribution is 7.99. The Kier molecular flexibility index (Phi) is 4.81. The van der Waals surface area contributed by atoms with Crippen molar-refractivity contribution in [3.05, 3.63) is 72.1 Å². The van der Waals surface area contributed by atoms with Gasteiger partial charge in [0.25, 0.3) is 0 Å². The van der Waals surface area contributed by atoms with Crippen molar-refractivity contribution in [3.8, 4) is 22.6 Å². The summed E-state index contributed by atoms with van der Waals surface area (Å²) >= 11 is 1.68. The molecule has 27 heavy (non-hydrogen) atoms. The van der Waals surface area contributed by atoms with Crippen LogP contribution in [0.5, 0.6) is 0 Å². The largest absolute Gasteiger partial charge is 0.356 e. The Hall–Kier alpha value is -2.86. The molecule has 0 saturated carbocycles. The van der Waals surface area contributed by atoms with Crippen molar-refractivity contribution in [2.75, 3.05) is 0 Å². The third-order valence-corrected chi connectivity index (χ3v) is 5.66. The zero-order chi connectivity index (χ0) is 18.8. The van der Waals surface area contributed by atoms with E-state index in [1.165, 1.54) is 11.1 Å². The number of hydrogen-bond donors (Lipinski definition) is 0. The molecule has 4 aromatic rings. The zero-order valence-corrected chi connectivity index (χ0v) is 16.3. The SMILES string of the molecule is Cc1ccc(-c2cc(-c3cccc([C@H](C)Sc4nncn4C)c3)on2)cc1. The van der Waals surface area contributed by atoms with Crippen molar-refractivity contribution in [2.24, 2.45) is 7.05 Å². The maximum absolute atomic E-state index is 5.61. The lowest BCUT2D eigenvalue weighted by atomic mass is 10.1. The molecular weight excluding hydrogens is 356 g/mol. The van der Waals surface area contributed by atoms with Crippen LogP contribution in [0, 0.1) is 6.92 Å². The van der Waals surface area contributed by atoms with Gasteiger partial charge < -0.3 is 9.09 Å². The third-order valence-electron chi connectivity index (χ3n) is 4.45. The summed E-state index contributed by atoms with van der Waals surface area (Å²) in [5.74, 6) is 0.767. The molecule has 6 heteroatoms. The molecule has 2 heterocycles. The summed E-state index contributed by atoms with van der Waals surface area (Å²) in [5, 5.41) is 13.5. The molecule has 0 saturated heterocycles. The molecule has 2 aromatic heterocycles. The summed E-state index contributed by atoms with van der Waals surface area (Å²) in [6, 6.07) is 18.6. The predicted octanol–water partition coefficient (Wildman–Crippen LogP) is 5.30. The van der Waals surface area contributed by atoms with Gasteiger partial charge in [0.15, 0.2) is 10.9 Å². The van der Waals surface area contributed by atoms with Gasteiger partial charge in [0.2, 0.25) is 0 Å². The normalized spacial score (nSPS) is 12.3. The van der Waals surface area contributed by atoms with Gasteiger partial charge in [-0.05, 0) is 25.5 Å². The molecule has 0 aliphatic heterocycles. The molecule has 5 nitrogen and oxygen atoms in total. The summed E-state index contributed by atoms with van der Waals surface area (Å²) in [4.78, 5) is 0. The lowest BCUT2D eigenvalue weighted by Gasteiger charge is -2.11. The first-order valence-electron chi connectivity index (χ1n) is 8.75. The Balaban J connectivity index is 1.57. The third kappa shape index (κ3) is 3.80. The van der Waals surface area contributed by atoms with Crippen molar-refractivity contribution < 1.29 is 4.52 Å². The maximum atomic E-state index is 5.61. The van der Waals surface area contributed by atoms with Crippen LogP contribution in [-0.4, -0.2) is 19.9 Å². The van der Waals surface area contributed by atoms with E-state index in [-0.39, 0.29) is 5.25 Å². The second-order valence-corrected chi connectivity index (χ2v) is 7.86. The van der Waals surface area contributed by atoms with Crippen LogP contribution >= 0.6 is 11.8 Å². The van der Waals surface area contributed by atoms with E-state index in [1.807, 2.05) is 29.8 Å². The molecule has 0 aliphatic rings. The van der Waals surface area contributed by atoms with Crippen LogP contribution in [0.15, 0.2) is 70.6 Å². The molecule has 0 spiro atoms. The number of benzene rings is 2. The molecule has 1 atom stereocenters. The molecule has 0 aliphatic carbocycles. The average molecular weight is 376 g/mol. The maximum Gasteiger partial charge on any atom is 0.191 e. The van der Waals surface area contributed by atoms with Crippen molar-refractivity contribution in [3.63, 3.8) is 0 Å². The zero-order valence-electron chi connectivity index (χ0n) is 15.5. The Bertz CT molecular complexity index is 1050. The van der Waals surface area contributed by atoms with E-state index in [1.54, 1.807) is 18.1 Å². The van der Waals surface area contributed by atoms with Crippen LogP contribution in [0.25, 0.3) is 22.6 Å². The molecule has 0 bridgehead atoms. The molecule has 2 aromatic carbocycles. The quantitative estimate of drug-likeness (QED) is 0.442. The van der Waals surface area contributed by atoms with E-state index in [2.05, 4.69) is 65.6 Å². The van der Waals surface area contributed by atoms with Gasteiger partial charge in [0.1, 0.15) is 12.0 Å². The van der Waals surface area contributed by atoms with E-state index in [0.717, 1.165) is 27.7 Å². The molecule has 136 valence electrons. The molecule has 0 amide bonds. The molecule has 0 fully saturated rings. The van der Waals surface area contributed by atoms with E-state index in [0.29, 0.717) is 0 Å². The Morgan fingerprint density at radius 2 is 1.85 bits per heavy atom. The van der Waals surface area contributed by atoms with Gasteiger partial charge in [-0.25, -0.2) is 0 Å². The van der Waals surface area contributed by atoms with Crippen LogP contribution in [0.3, 0.4) is 0 Å². The van der Waals surface area contributed by atoms with Gasteiger partial charge in [-0.15, -0.1) is 10.2 Å². The van der Waals surface area contributed by atoms with Gasteiger partial charge in [0, 0.05) is 29.5 Å². The van der Waals surface area contributed by atoms with Crippen LogP contribution in [0.4, 0.5) is 0 Å². The van der Waals surface area contributed by atoms with Crippen molar-refractivity contribution in [1.82, 2.24) is 19.9 Å². The van der Waals surface area contributed by atoms with Crippen LogP contribution in [0.1, 0.15) is 23.3 Å². The van der Waals surface area contributed by atoms with Crippen molar-refractivity contribution in [2.45, 2.75) is 24.3 Å². The lowest BCUT2D eigenvalue weighted by Crippen LogP contribution is -1.94. The van der Waals surface area contributed by atoms with Crippen LogP contribution < -0.4 is 0 Å². The summed E-state index contributed by atoms with van der Waals surface area (Å²) in [6.07, 6.45) is 1.71. The molecule has 0 radical (unpaired) electrons. The van der Waals surface area contributed by atoms with E-state index >= 15 is 0 Å². The number of hydrogen-bond acceptors (Lipinski definition) is 5. The first-order valence-corrected chi connectivity index (χ1v) is 9.63. The fourth-order valence-corrected chi connectivity index (χ4v) is 3.73. The monoisotopic (exact) mass is 376 g/mol. The minimum Gasteiger partial charge on any atom is -0.356 e. The first-order chi connectivity index (χ1) is 13.1. The number of aromatic nitrogens is 4. The summed E-state index contributed by atoms with van der Waals surface area (Å²) < 4.78 is 7.54. The standard InChI is InChI=1S/C21H20N4OS/c1-14-7-9-16(10-8-14)19-12-20(26-24-19)18-6-4-5-17(11-18)15(2)27-21-23-22-13-25(21)3/h4-13,15H,1-3H3/t15-/m0/s1. The average Bonchev–Trinajstić information content (AvgIpc) is 3.32. The van der Waals surface area contributed by atoms with Gasteiger partial charge in [-0.1, -0.05) is 64.9 Å². The predicted molar refractivity (Wildman–Crippen MR) is 107 cm³/mol. The lowest BCUT2D eigenvalue weighted by molar-refractivity contribution is 0.435. The van der Waals surface area contributed by atoms with Gasteiger partial charge >= 0.3 is 0 Å². The Morgan fingerprint density at radius 3 is 2.59 bits per heavy atom. The summed E-state index contributed by atoms with van der Waals surface area (Å²) in [6.45, 7) is 4.24. The highest BCUT2D eigenvalue weighted by atomic mass is 32.2. The smallest absolute Gasteiger partial charge is 0.191 e. The number of rotatable bonds is 5. The highest BCUT2D eigenvalue weighted by Crippen LogP contribution is 2.35. The Labute approximate surface area is 162 Å². The Morgan fingerprint density at radius 1 is 1.04 bits per heavy atom.